The molecular weight excluding hydrogens is 242 g/mol. The van der Waals surface area contributed by atoms with Crippen LogP contribution in [0.3, 0.4) is 0 Å². The molecule has 1 N–H and O–H groups in total. The van der Waals surface area contributed by atoms with E-state index in [1.165, 1.54) is 6.20 Å². The van der Waals surface area contributed by atoms with Crippen molar-refractivity contribution in [3.05, 3.63) is 40.5 Å². The van der Waals surface area contributed by atoms with Crippen LogP contribution in [0.2, 0.25) is 0 Å². The molecule has 0 aliphatic carbocycles. The molecule has 0 aliphatic rings. The molecule has 0 fully saturated rings. The lowest BCUT2D eigenvalue weighted by Crippen LogP contribution is -1.88. The van der Waals surface area contributed by atoms with Crippen molar-refractivity contribution in [3.8, 4) is 12.1 Å². The average Bonchev–Trinajstić information content (AvgIpc) is 2.22. The Hall–Kier alpha value is -1.78. The Morgan fingerprint density at radius 2 is 1.79 bits per heavy atom. The number of halogens is 1. The molecule has 0 unspecified atom stereocenters. The molecule has 0 amide bonds. The van der Waals surface area contributed by atoms with Crippen LogP contribution in [0.25, 0.3) is 0 Å². The highest BCUT2D eigenvalue weighted by atomic mass is 79.9. The summed E-state index contributed by atoms with van der Waals surface area (Å²) < 4.78 is 0.979. The summed E-state index contributed by atoms with van der Waals surface area (Å²) in [4.78, 5) is 0. The van der Waals surface area contributed by atoms with Gasteiger partial charge < -0.3 is 5.32 Å². The SMILES string of the molecule is N#CC(C#N)=CNc1ccc(Br)cc1. The van der Waals surface area contributed by atoms with Gasteiger partial charge in [-0.1, -0.05) is 15.9 Å². The molecule has 3 nitrogen and oxygen atoms in total. The first-order valence-corrected chi connectivity index (χ1v) is 4.58. The third kappa shape index (κ3) is 2.93. The van der Waals surface area contributed by atoms with Gasteiger partial charge in [-0.15, -0.1) is 0 Å². The topological polar surface area (TPSA) is 59.6 Å². The van der Waals surface area contributed by atoms with Crippen LogP contribution in [0.5, 0.6) is 0 Å². The molecule has 68 valence electrons. The van der Waals surface area contributed by atoms with Crippen molar-refractivity contribution in [3.63, 3.8) is 0 Å². The molecule has 4 heteroatoms. The Labute approximate surface area is 90.4 Å². The predicted octanol–water partition coefficient (Wildman–Crippen LogP) is 2.79. The predicted molar refractivity (Wildman–Crippen MR) is 57.1 cm³/mol. The lowest BCUT2D eigenvalue weighted by molar-refractivity contribution is 1.44. The van der Waals surface area contributed by atoms with Crippen LogP contribution in [-0.2, 0) is 0 Å². The van der Waals surface area contributed by atoms with Crippen LogP contribution in [-0.4, -0.2) is 0 Å². The number of hydrogen-bond donors (Lipinski definition) is 1. The van der Waals surface area contributed by atoms with Gasteiger partial charge in [-0.25, -0.2) is 0 Å². The van der Waals surface area contributed by atoms with E-state index >= 15 is 0 Å². The lowest BCUT2D eigenvalue weighted by atomic mass is 10.3. The minimum atomic E-state index is 0.0490. The molecule has 0 aromatic heterocycles. The van der Waals surface area contributed by atoms with Gasteiger partial charge in [-0.05, 0) is 24.3 Å². The number of benzene rings is 1. The Kier molecular flexibility index (Phi) is 3.72. The van der Waals surface area contributed by atoms with Crippen molar-refractivity contribution >= 4 is 21.6 Å². The smallest absolute Gasteiger partial charge is 0.145 e. The summed E-state index contributed by atoms with van der Waals surface area (Å²) in [7, 11) is 0. The average molecular weight is 248 g/mol. The molecule has 0 spiro atoms. The molecule has 0 saturated carbocycles. The lowest BCUT2D eigenvalue weighted by Gasteiger charge is -1.99. The standard InChI is InChI=1S/C10H6BrN3/c11-9-1-3-10(4-2-9)14-7-8(5-12)6-13/h1-4,7,14H. The Morgan fingerprint density at radius 3 is 2.29 bits per heavy atom. The zero-order valence-corrected chi connectivity index (χ0v) is 8.75. The maximum absolute atomic E-state index is 8.46. The highest BCUT2D eigenvalue weighted by molar-refractivity contribution is 9.10. The highest BCUT2D eigenvalue weighted by Crippen LogP contribution is 2.14. The molecule has 0 saturated heterocycles. The summed E-state index contributed by atoms with van der Waals surface area (Å²) >= 11 is 3.30. The van der Waals surface area contributed by atoms with E-state index in [0.717, 1.165) is 10.2 Å². The second kappa shape index (κ2) is 5.06. The van der Waals surface area contributed by atoms with Gasteiger partial charge in [-0.2, -0.15) is 10.5 Å². The van der Waals surface area contributed by atoms with Gasteiger partial charge in [0, 0.05) is 16.4 Å². The fourth-order valence-electron chi connectivity index (χ4n) is 0.791. The third-order valence-electron chi connectivity index (χ3n) is 1.47. The van der Waals surface area contributed by atoms with E-state index in [1.54, 1.807) is 12.1 Å². The minimum absolute atomic E-state index is 0.0490. The summed E-state index contributed by atoms with van der Waals surface area (Å²) in [6.45, 7) is 0. The first kappa shape index (κ1) is 10.3. The molecule has 0 radical (unpaired) electrons. The Bertz CT molecular complexity index is 404. The van der Waals surface area contributed by atoms with E-state index in [2.05, 4.69) is 21.2 Å². The molecule has 14 heavy (non-hydrogen) atoms. The maximum atomic E-state index is 8.46. The van der Waals surface area contributed by atoms with Gasteiger partial charge in [0.15, 0.2) is 0 Å². The first-order chi connectivity index (χ1) is 6.76. The fourth-order valence-corrected chi connectivity index (χ4v) is 1.06. The summed E-state index contributed by atoms with van der Waals surface area (Å²) in [5.74, 6) is 0. The Morgan fingerprint density at radius 1 is 1.21 bits per heavy atom. The number of nitrogens with one attached hydrogen (secondary N) is 1. The van der Waals surface area contributed by atoms with E-state index in [4.69, 9.17) is 10.5 Å². The number of anilines is 1. The number of rotatable bonds is 2. The normalized spacial score (nSPS) is 8.21. The molecule has 0 heterocycles. The zero-order chi connectivity index (χ0) is 10.4. The number of allylic oxidation sites excluding steroid dienone is 1. The van der Waals surface area contributed by atoms with Crippen molar-refractivity contribution in [1.82, 2.24) is 0 Å². The second-order valence-electron chi connectivity index (χ2n) is 2.43. The fraction of sp³-hybridized carbons (Fsp3) is 0. The van der Waals surface area contributed by atoms with E-state index in [0.29, 0.717) is 0 Å². The van der Waals surface area contributed by atoms with Gasteiger partial charge in [0.05, 0.1) is 0 Å². The third-order valence-corrected chi connectivity index (χ3v) is 2.00. The monoisotopic (exact) mass is 247 g/mol. The van der Waals surface area contributed by atoms with Crippen molar-refractivity contribution in [2.75, 3.05) is 5.32 Å². The van der Waals surface area contributed by atoms with Crippen LogP contribution in [0.1, 0.15) is 0 Å². The van der Waals surface area contributed by atoms with Crippen molar-refractivity contribution < 1.29 is 0 Å². The second-order valence-corrected chi connectivity index (χ2v) is 3.35. The van der Waals surface area contributed by atoms with E-state index in [9.17, 15) is 0 Å². The zero-order valence-electron chi connectivity index (χ0n) is 7.16. The van der Waals surface area contributed by atoms with Crippen molar-refractivity contribution in [2.45, 2.75) is 0 Å². The summed E-state index contributed by atoms with van der Waals surface area (Å²) in [5, 5.41) is 19.8. The number of hydrogen-bond acceptors (Lipinski definition) is 3. The van der Waals surface area contributed by atoms with Gasteiger partial charge in [-0.3, -0.25) is 0 Å². The quantitative estimate of drug-likeness (QED) is 0.818. The van der Waals surface area contributed by atoms with Gasteiger partial charge in [0.1, 0.15) is 17.7 Å². The van der Waals surface area contributed by atoms with Crippen LogP contribution in [0, 0.1) is 22.7 Å². The van der Waals surface area contributed by atoms with Crippen LogP contribution < -0.4 is 5.32 Å². The molecule has 1 rings (SSSR count). The molecular formula is C10H6BrN3. The molecule has 0 aliphatic heterocycles. The van der Waals surface area contributed by atoms with Crippen LogP contribution >= 0.6 is 15.9 Å². The molecule has 0 bridgehead atoms. The van der Waals surface area contributed by atoms with Gasteiger partial charge in [0.25, 0.3) is 0 Å². The van der Waals surface area contributed by atoms with Crippen LogP contribution in [0.15, 0.2) is 40.5 Å². The first-order valence-electron chi connectivity index (χ1n) is 3.78. The van der Waals surface area contributed by atoms with Gasteiger partial charge >= 0.3 is 0 Å². The van der Waals surface area contributed by atoms with Crippen LogP contribution in [0.4, 0.5) is 5.69 Å². The molecule has 1 aromatic carbocycles. The van der Waals surface area contributed by atoms with E-state index < -0.39 is 0 Å². The van der Waals surface area contributed by atoms with Crippen molar-refractivity contribution in [1.29, 1.82) is 10.5 Å². The maximum Gasteiger partial charge on any atom is 0.145 e. The summed E-state index contributed by atoms with van der Waals surface area (Å²) in [6, 6.07) is 10.9. The van der Waals surface area contributed by atoms with E-state index in [1.807, 2.05) is 24.3 Å². The molecule has 0 atom stereocenters. The highest BCUT2D eigenvalue weighted by Gasteiger charge is 1.92. The number of nitriles is 2. The van der Waals surface area contributed by atoms with E-state index in [-0.39, 0.29) is 5.57 Å². The van der Waals surface area contributed by atoms with Crippen molar-refractivity contribution in [2.24, 2.45) is 0 Å². The summed E-state index contributed by atoms with van der Waals surface area (Å²) in [5.41, 5.74) is 0.879. The Balaban J connectivity index is 2.73. The molecule has 1 aromatic rings. The summed E-state index contributed by atoms with van der Waals surface area (Å²) in [6.07, 6.45) is 1.38. The van der Waals surface area contributed by atoms with Gasteiger partial charge in [0.2, 0.25) is 0 Å². The largest absolute Gasteiger partial charge is 0.360 e. The minimum Gasteiger partial charge on any atom is -0.360 e. The number of nitrogens with zero attached hydrogens (tertiary/aromatic N) is 2.